The third-order valence-corrected chi connectivity index (χ3v) is 5.76. The molecule has 0 bridgehead atoms. The number of amides is 1. The monoisotopic (exact) mass is 475 g/mol. The van der Waals surface area contributed by atoms with Crippen LogP contribution in [0.25, 0.3) is 0 Å². The first-order valence-corrected chi connectivity index (χ1v) is 11.8. The Kier molecular flexibility index (Phi) is 7.41. The molecule has 0 fully saturated rings. The molecule has 2 aromatic heterocycles. The molecule has 0 radical (unpaired) electrons. The Bertz CT molecular complexity index is 1310. The molecule has 10 heteroatoms. The Hall–Kier alpha value is -3.89. The van der Waals surface area contributed by atoms with Crippen molar-refractivity contribution in [3.8, 4) is 0 Å². The third-order valence-electron chi connectivity index (χ3n) is 5.19. The second-order valence-electron chi connectivity index (χ2n) is 7.74. The van der Waals surface area contributed by atoms with E-state index in [1.165, 1.54) is 0 Å². The molecule has 0 aliphatic carbocycles. The molecule has 0 aliphatic heterocycles. The second-order valence-corrected chi connectivity index (χ2v) is 8.63. The molecule has 3 N–H and O–H groups in total. The van der Waals surface area contributed by atoms with E-state index in [9.17, 15) is 13.6 Å². The zero-order valence-electron chi connectivity index (χ0n) is 18.4. The van der Waals surface area contributed by atoms with E-state index in [0.717, 1.165) is 29.7 Å². The summed E-state index contributed by atoms with van der Waals surface area (Å²) in [6, 6.07) is 14.3. The second kappa shape index (κ2) is 10.8. The van der Waals surface area contributed by atoms with Crippen LogP contribution >= 0.6 is 0 Å². The van der Waals surface area contributed by atoms with E-state index in [-0.39, 0.29) is 11.7 Å². The Labute approximate surface area is 199 Å². The number of hydrogen-bond donors (Lipinski definition) is 3. The largest absolute Gasteiger partial charge is 0.772 e. The number of aromatic amines is 1. The molecule has 9 nitrogen and oxygen atoms in total. The van der Waals surface area contributed by atoms with Crippen LogP contribution < -0.4 is 10.6 Å². The van der Waals surface area contributed by atoms with Crippen molar-refractivity contribution in [2.75, 3.05) is 10.6 Å². The van der Waals surface area contributed by atoms with Gasteiger partial charge in [-0.1, -0.05) is 29.3 Å². The fraction of sp³-hybridized carbons (Fsp3) is 0.167. The number of nitrogens with one attached hydrogen (secondary N) is 3. The Morgan fingerprint density at radius 2 is 1.97 bits per heavy atom. The van der Waals surface area contributed by atoms with Gasteiger partial charge in [0, 0.05) is 41.2 Å². The summed E-state index contributed by atoms with van der Waals surface area (Å²) in [4.78, 5) is 20.9. The van der Waals surface area contributed by atoms with Gasteiger partial charge in [0.05, 0.1) is 6.20 Å². The van der Waals surface area contributed by atoms with E-state index >= 15 is 0 Å². The standard InChI is InChI=1S/C24H24N6O3S/c1-16-5-7-20(27-24(31)19-4-2-3-17(11-19)15-34(32)33)12-18(16)6-8-21-13-22(30-29-21)28-23-14-25-9-10-26-23/h2-5,7,9-14H,6,8,15H2,1H3,(H,27,31)(H,32,33)(H2,26,28,29,30)/p-1. The molecule has 0 saturated heterocycles. The molecule has 1 unspecified atom stereocenters. The number of aromatic nitrogens is 4. The zero-order chi connectivity index (χ0) is 23.9. The van der Waals surface area contributed by atoms with Crippen LogP contribution in [-0.4, -0.2) is 34.8 Å². The molecule has 1 amide bonds. The number of carbonyl (C=O) groups is 1. The smallest absolute Gasteiger partial charge is 0.255 e. The van der Waals surface area contributed by atoms with E-state index in [0.29, 0.717) is 28.5 Å². The van der Waals surface area contributed by atoms with Gasteiger partial charge >= 0.3 is 0 Å². The lowest BCUT2D eigenvalue weighted by atomic mass is 10.0. The zero-order valence-corrected chi connectivity index (χ0v) is 19.3. The average molecular weight is 476 g/mol. The number of benzene rings is 2. The van der Waals surface area contributed by atoms with Crippen molar-refractivity contribution in [3.63, 3.8) is 0 Å². The third kappa shape index (κ3) is 6.33. The van der Waals surface area contributed by atoms with Gasteiger partial charge in [-0.3, -0.25) is 19.1 Å². The fourth-order valence-corrected chi connectivity index (χ4v) is 3.93. The van der Waals surface area contributed by atoms with Crippen LogP contribution in [0.3, 0.4) is 0 Å². The van der Waals surface area contributed by atoms with Gasteiger partial charge in [-0.15, -0.1) is 0 Å². The van der Waals surface area contributed by atoms with Gasteiger partial charge in [-0.2, -0.15) is 5.10 Å². The molecule has 2 aromatic carbocycles. The highest BCUT2D eigenvalue weighted by Gasteiger charge is 2.10. The number of anilines is 3. The van der Waals surface area contributed by atoms with Crippen molar-refractivity contribution in [2.24, 2.45) is 0 Å². The summed E-state index contributed by atoms with van der Waals surface area (Å²) >= 11 is -2.21. The molecule has 0 spiro atoms. The van der Waals surface area contributed by atoms with Crippen LogP contribution in [0, 0.1) is 6.92 Å². The summed E-state index contributed by atoms with van der Waals surface area (Å²) in [6.45, 7) is 2.03. The number of nitrogens with zero attached hydrogens (tertiary/aromatic N) is 3. The molecular weight excluding hydrogens is 452 g/mol. The lowest BCUT2D eigenvalue weighted by Gasteiger charge is -2.11. The highest BCUT2D eigenvalue weighted by Crippen LogP contribution is 2.20. The van der Waals surface area contributed by atoms with E-state index in [1.807, 2.05) is 31.2 Å². The number of rotatable bonds is 9. The van der Waals surface area contributed by atoms with Gasteiger partial charge in [0.15, 0.2) is 5.82 Å². The first-order chi connectivity index (χ1) is 16.5. The summed E-state index contributed by atoms with van der Waals surface area (Å²) in [5, 5.41) is 13.3. The van der Waals surface area contributed by atoms with Gasteiger partial charge in [-0.05, 0) is 60.7 Å². The van der Waals surface area contributed by atoms with Crippen LogP contribution in [0.15, 0.2) is 67.1 Å². The van der Waals surface area contributed by atoms with E-state index in [1.54, 1.807) is 42.9 Å². The van der Waals surface area contributed by atoms with Crippen LogP contribution in [-0.2, 0) is 29.7 Å². The first-order valence-electron chi connectivity index (χ1n) is 10.6. The topological polar surface area (TPSA) is 136 Å². The highest BCUT2D eigenvalue weighted by atomic mass is 32.2. The predicted molar refractivity (Wildman–Crippen MR) is 130 cm³/mol. The molecule has 174 valence electrons. The van der Waals surface area contributed by atoms with E-state index < -0.39 is 11.1 Å². The van der Waals surface area contributed by atoms with Crippen LogP contribution in [0.1, 0.15) is 32.7 Å². The van der Waals surface area contributed by atoms with Crippen LogP contribution in [0.4, 0.5) is 17.3 Å². The molecule has 4 rings (SSSR count). The van der Waals surface area contributed by atoms with Crippen molar-refractivity contribution in [3.05, 3.63) is 95.1 Å². The SMILES string of the molecule is Cc1ccc(NC(=O)c2cccc(CS(=O)[O-])c2)cc1CCc1cc(Nc2cnccn2)n[nH]1. The van der Waals surface area contributed by atoms with Crippen molar-refractivity contribution >= 4 is 34.3 Å². The molecule has 2 heterocycles. The fourth-order valence-electron chi connectivity index (χ4n) is 3.48. The Morgan fingerprint density at radius 3 is 2.76 bits per heavy atom. The van der Waals surface area contributed by atoms with Crippen molar-refractivity contribution in [1.29, 1.82) is 0 Å². The van der Waals surface area contributed by atoms with Crippen molar-refractivity contribution in [1.82, 2.24) is 20.2 Å². The van der Waals surface area contributed by atoms with E-state index in [4.69, 9.17) is 0 Å². The normalized spacial score (nSPS) is 11.7. The number of hydrogen-bond acceptors (Lipinski definition) is 7. The minimum Gasteiger partial charge on any atom is -0.772 e. The maximum absolute atomic E-state index is 12.7. The molecule has 0 saturated carbocycles. The molecule has 0 aliphatic rings. The number of carbonyl (C=O) groups excluding carboxylic acids is 1. The summed E-state index contributed by atoms with van der Waals surface area (Å²) in [7, 11) is 0. The summed E-state index contributed by atoms with van der Waals surface area (Å²) in [5.74, 6) is 0.865. The van der Waals surface area contributed by atoms with Gasteiger partial charge in [-0.25, -0.2) is 4.98 Å². The Balaban J connectivity index is 1.39. The number of aryl methyl sites for hydroxylation is 3. The van der Waals surface area contributed by atoms with Crippen LogP contribution in [0.5, 0.6) is 0 Å². The van der Waals surface area contributed by atoms with Crippen LogP contribution in [0.2, 0.25) is 0 Å². The minimum atomic E-state index is -2.21. The summed E-state index contributed by atoms with van der Waals surface area (Å²) in [5.41, 5.74) is 4.84. The predicted octanol–water partition coefficient (Wildman–Crippen LogP) is 3.67. The van der Waals surface area contributed by atoms with Gasteiger partial charge < -0.3 is 15.2 Å². The average Bonchev–Trinajstić information content (AvgIpc) is 3.27. The molecule has 4 aromatic rings. The van der Waals surface area contributed by atoms with Gasteiger partial charge in [0.1, 0.15) is 5.82 Å². The molecule has 1 atom stereocenters. The lowest BCUT2D eigenvalue weighted by Crippen LogP contribution is -2.12. The van der Waals surface area contributed by atoms with Crippen molar-refractivity contribution < 1.29 is 13.6 Å². The maximum atomic E-state index is 12.7. The lowest BCUT2D eigenvalue weighted by molar-refractivity contribution is 0.102. The summed E-state index contributed by atoms with van der Waals surface area (Å²) in [6.07, 6.45) is 6.33. The Morgan fingerprint density at radius 1 is 1.09 bits per heavy atom. The highest BCUT2D eigenvalue weighted by molar-refractivity contribution is 7.78. The van der Waals surface area contributed by atoms with Crippen molar-refractivity contribution in [2.45, 2.75) is 25.5 Å². The molecule has 34 heavy (non-hydrogen) atoms. The van der Waals surface area contributed by atoms with Gasteiger partial charge in [0.2, 0.25) is 0 Å². The quantitative estimate of drug-likeness (QED) is 0.314. The van der Waals surface area contributed by atoms with Gasteiger partial charge in [0.25, 0.3) is 5.91 Å². The minimum absolute atomic E-state index is 0.126. The van der Waals surface area contributed by atoms with E-state index in [2.05, 4.69) is 30.8 Å². The number of H-pyrrole nitrogens is 1. The molecular formula is C24H23N6O3S-. The summed E-state index contributed by atoms with van der Waals surface area (Å²) < 4.78 is 21.9. The maximum Gasteiger partial charge on any atom is 0.255 e. The first kappa shape index (κ1) is 23.3.